The maximum absolute atomic E-state index is 14.3. The Balaban J connectivity index is 1.73. The zero-order valence-corrected chi connectivity index (χ0v) is 18.4. The zero-order chi connectivity index (χ0) is 22.1. The highest BCUT2D eigenvalue weighted by Crippen LogP contribution is 2.51. The molecule has 1 unspecified atom stereocenters. The topological polar surface area (TPSA) is 27.7 Å². The summed E-state index contributed by atoms with van der Waals surface area (Å²) in [5, 5.41) is 0.220. The minimum atomic E-state index is -4.69. The van der Waals surface area contributed by atoms with Crippen LogP contribution in [0.25, 0.3) is 0 Å². The maximum Gasteiger partial charge on any atom is 0.494 e. The number of halogens is 5. The van der Waals surface area contributed by atoms with Crippen molar-refractivity contribution in [2.24, 2.45) is 0 Å². The van der Waals surface area contributed by atoms with Crippen LogP contribution in [0, 0.1) is 0 Å². The van der Waals surface area contributed by atoms with E-state index >= 15 is 0 Å². The number of fused-ring (bicyclic) bond motifs is 1. The third-order valence-electron chi connectivity index (χ3n) is 6.12. The van der Waals surface area contributed by atoms with Gasteiger partial charge < -0.3 is 14.0 Å². The first kappa shape index (κ1) is 21.8. The van der Waals surface area contributed by atoms with E-state index in [1.807, 2.05) is 27.7 Å². The second kappa shape index (κ2) is 6.79. The molecule has 0 aliphatic carbocycles. The summed E-state index contributed by atoms with van der Waals surface area (Å²) in [6.07, 6.45) is -5.10. The van der Waals surface area contributed by atoms with Crippen LogP contribution >= 0.6 is 23.2 Å². The summed E-state index contributed by atoms with van der Waals surface area (Å²) in [6, 6.07) is 8.70. The van der Waals surface area contributed by atoms with Gasteiger partial charge in [-0.05, 0) is 63.0 Å². The smallest absolute Gasteiger partial charge is 0.472 e. The third kappa shape index (κ3) is 3.40. The molecule has 0 spiro atoms. The van der Waals surface area contributed by atoms with Gasteiger partial charge in [0.15, 0.2) is 0 Å². The van der Waals surface area contributed by atoms with Crippen LogP contribution in [-0.4, -0.2) is 24.5 Å². The van der Waals surface area contributed by atoms with Crippen molar-refractivity contribution >= 4 is 35.8 Å². The lowest BCUT2D eigenvalue weighted by Gasteiger charge is -2.32. The normalized spacial score (nSPS) is 24.6. The molecule has 0 aromatic heterocycles. The van der Waals surface area contributed by atoms with Crippen LogP contribution in [0.1, 0.15) is 38.8 Å². The van der Waals surface area contributed by atoms with E-state index in [4.69, 9.17) is 37.2 Å². The molecule has 30 heavy (non-hydrogen) atoms. The third-order valence-corrected chi connectivity index (χ3v) is 6.56. The van der Waals surface area contributed by atoms with Gasteiger partial charge in [0, 0.05) is 22.0 Å². The van der Waals surface area contributed by atoms with Gasteiger partial charge in [0.1, 0.15) is 5.75 Å². The largest absolute Gasteiger partial charge is 0.494 e. The highest BCUT2D eigenvalue weighted by Gasteiger charge is 2.62. The molecule has 2 heterocycles. The average molecular weight is 459 g/mol. The van der Waals surface area contributed by atoms with E-state index in [0.29, 0.717) is 11.0 Å². The van der Waals surface area contributed by atoms with Crippen molar-refractivity contribution in [3.63, 3.8) is 0 Å². The monoisotopic (exact) mass is 458 g/mol. The Morgan fingerprint density at radius 3 is 2.00 bits per heavy atom. The molecule has 0 bridgehead atoms. The molecule has 0 N–H and O–H groups in total. The molecule has 1 saturated heterocycles. The van der Waals surface area contributed by atoms with Crippen molar-refractivity contribution in [3.05, 3.63) is 57.6 Å². The van der Waals surface area contributed by atoms with Crippen LogP contribution in [-0.2, 0) is 21.3 Å². The standard InChI is InChI=1S/C21H20BCl2F3O3/c1-18(2)19(3,4)30-22(29-18)14-5-6-17-12(7-14)11-20(28-17,21(25,26)27)13-8-15(23)10-16(24)9-13/h5-10H,11H2,1-4H3. The first-order chi connectivity index (χ1) is 13.7. The van der Waals surface area contributed by atoms with E-state index in [0.717, 1.165) is 0 Å². The quantitative estimate of drug-likeness (QED) is 0.541. The highest BCUT2D eigenvalue weighted by atomic mass is 35.5. The summed E-state index contributed by atoms with van der Waals surface area (Å²) in [5.74, 6) is 0.156. The van der Waals surface area contributed by atoms with Crippen molar-refractivity contribution in [1.29, 1.82) is 0 Å². The molecule has 160 valence electrons. The van der Waals surface area contributed by atoms with Gasteiger partial charge in [0.25, 0.3) is 0 Å². The number of benzene rings is 2. The summed E-state index contributed by atoms with van der Waals surface area (Å²) in [4.78, 5) is 0. The Kier molecular flexibility index (Phi) is 4.94. The fraction of sp³-hybridized carbons (Fsp3) is 0.429. The Labute approximate surface area is 183 Å². The molecule has 2 aliphatic rings. The molecule has 3 nitrogen and oxygen atoms in total. The first-order valence-corrected chi connectivity index (χ1v) is 10.2. The van der Waals surface area contributed by atoms with Gasteiger partial charge in [-0.15, -0.1) is 0 Å². The van der Waals surface area contributed by atoms with Crippen molar-refractivity contribution in [2.45, 2.75) is 57.1 Å². The molecule has 1 fully saturated rings. The van der Waals surface area contributed by atoms with Crippen LogP contribution in [0.4, 0.5) is 13.2 Å². The van der Waals surface area contributed by atoms with Crippen LogP contribution in [0.3, 0.4) is 0 Å². The second-order valence-corrected chi connectivity index (χ2v) is 9.59. The van der Waals surface area contributed by atoms with E-state index in [1.165, 1.54) is 24.3 Å². The number of hydrogen-bond acceptors (Lipinski definition) is 3. The Hall–Kier alpha value is -1.41. The minimum Gasteiger partial charge on any atom is -0.472 e. The number of hydrogen-bond donors (Lipinski definition) is 0. The molecule has 0 amide bonds. The van der Waals surface area contributed by atoms with Crippen molar-refractivity contribution in [1.82, 2.24) is 0 Å². The second-order valence-electron chi connectivity index (χ2n) is 8.72. The van der Waals surface area contributed by atoms with Gasteiger partial charge in [0.2, 0.25) is 5.60 Å². The van der Waals surface area contributed by atoms with E-state index in [2.05, 4.69) is 0 Å². The molecule has 2 aromatic rings. The fourth-order valence-corrected chi connectivity index (χ4v) is 4.25. The average Bonchev–Trinajstić information content (AvgIpc) is 3.08. The fourth-order valence-electron chi connectivity index (χ4n) is 3.72. The van der Waals surface area contributed by atoms with E-state index in [-0.39, 0.29) is 21.4 Å². The summed E-state index contributed by atoms with van der Waals surface area (Å²) in [6.45, 7) is 7.67. The van der Waals surface area contributed by atoms with Crippen molar-refractivity contribution in [2.75, 3.05) is 0 Å². The molecule has 4 rings (SSSR count). The SMILES string of the molecule is CC1(C)OB(c2ccc3c(c2)CC(c2cc(Cl)cc(Cl)c2)(C(F)(F)F)O3)OC1(C)C. The maximum atomic E-state index is 14.3. The minimum absolute atomic E-state index is 0.110. The van der Waals surface area contributed by atoms with Gasteiger partial charge in [-0.1, -0.05) is 35.3 Å². The van der Waals surface area contributed by atoms with E-state index in [9.17, 15) is 13.2 Å². The number of alkyl halides is 3. The van der Waals surface area contributed by atoms with Crippen LogP contribution in [0.2, 0.25) is 10.0 Å². The Morgan fingerprint density at radius 2 is 1.47 bits per heavy atom. The summed E-state index contributed by atoms with van der Waals surface area (Å²) in [5.41, 5.74) is -2.77. The van der Waals surface area contributed by atoms with E-state index < -0.39 is 36.5 Å². The van der Waals surface area contributed by atoms with Crippen molar-refractivity contribution in [3.8, 4) is 5.75 Å². The predicted molar refractivity (Wildman–Crippen MR) is 111 cm³/mol. The lowest BCUT2D eigenvalue weighted by Crippen LogP contribution is -2.46. The van der Waals surface area contributed by atoms with Crippen LogP contribution in [0.5, 0.6) is 5.75 Å². The van der Waals surface area contributed by atoms with Crippen LogP contribution < -0.4 is 10.2 Å². The summed E-state index contributed by atoms with van der Waals surface area (Å²) in [7, 11) is -0.679. The van der Waals surface area contributed by atoms with Gasteiger partial charge in [-0.2, -0.15) is 13.2 Å². The van der Waals surface area contributed by atoms with Crippen LogP contribution in [0.15, 0.2) is 36.4 Å². The highest BCUT2D eigenvalue weighted by molar-refractivity contribution is 6.62. The first-order valence-electron chi connectivity index (χ1n) is 9.45. The molecule has 9 heteroatoms. The van der Waals surface area contributed by atoms with Crippen molar-refractivity contribution < 1.29 is 27.2 Å². The lowest BCUT2D eigenvalue weighted by molar-refractivity contribution is -0.248. The van der Waals surface area contributed by atoms with Gasteiger partial charge in [-0.25, -0.2) is 0 Å². The summed E-state index contributed by atoms with van der Waals surface area (Å²) >= 11 is 12.0. The molecule has 0 saturated carbocycles. The molecular weight excluding hydrogens is 439 g/mol. The summed E-state index contributed by atoms with van der Waals surface area (Å²) < 4.78 is 60.4. The molecule has 2 aliphatic heterocycles. The Bertz CT molecular complexity index is 973. The van der Waals surface area contributed by atoms with E-state index in [1.54, 1.807) is 12.1 Å². The molecule has 1 atom stereocenters. The van der Waals surface area contributed by atoms with Gasteiger partial charge >= 0.3 is 13.3 Å². The number of rotatable bonds is 2. The molecular formula is C21H20BCl2F3O3. The zero-order valence-electron chi connectivity index (χ0n) is 16.9. The predicted octanol–water partition coefficient (Wildman–Crippen LogP) is 5.69. The molecule has 0 radical (unpaired) electrons. The van der Waals surface area contributed by atoms with Gasteiger partial charge in [-0.3, -0.25) is 0 Å². The number of ether oxygens (including phenoxy) is 1. The lowest BCUT2D eigenvalue weighted by atomic mass is 9.77. The van der Waals surface area contributed by atoms with Gasteiger partial charge in [0.05, 0.1) is 11.2 Å². The molecule has 2 aromatic carbocycles. The Morgan fingerprint density at radius 1 is 0.900 bits per heavy atom.